The number of hydrogen-bond acceptors (Lipinski definition) is 7. The number of carbonyl (C=O) groups excluding carboxylic acids is 1. The van der Waals surface area contributed by atoms with E-state index in [0.717, 1.165) is 0 Å². The number of esters is 1. The third kappa shape index (κ3) is 4.10. The van der Waals surface area contributed by atoms with E-state index in [9.17, 15) is 14.9 Å². The molecule has 0 bridgehead atoms. The minimum atomic E-state index is -0.473. The predicted octanol–water partition coefficient (Wildman–Crippen LogP) is 2.11. The van der Waals surface area contributed by atoms with Gasteiger partial charge >= 0.3 is 5.97 Å². The van der Waals surface area contributed by atoms with Gasteiger partial charge in [0, 0.05) is 30.1 Å². The van der Waals surface area contributed by atoms with E-state index in [-0.39, 0.29) is 5.69 Å². The quantitative estimate of drug-likeness (QED) is 0.362. The predicted molar refractivity (Wildman–Crippen MR) is 85.5 cm³/mol. The van der Waals surface area contributed by atoms with Crippen molar-refractivity contribution in [2.24, 2.45) is 17.3 Å². The van der Waals surface area contributed by atoms with Crippen molar-refractivity contribution >= 4 is 29.2 Å². The maximum absolute atomic E-state index is 11.7. The maximum atomic E-state index is 11.7. The van der Waals surface area contributed by atoms with E-state index < -0.39 is 10.9 Å². The summed E-state index contributed by atoms with van der Waals surface area (Å²) in [6.45, 7) is 2.03. The highest BCUT2D eigenvalue weighted by Gasteiger charge is 2.11. The fourth-order valence-electron chi connectivity index (χ4n) is 1.71. The maximum Gasteiger partial charge on any atom is 0.355 e. The zero-order valence-corrected chi connectivity index (χ0v) is 13.3. The standard InChI is InChI=1S/C14H14N4O4S/c1-3-22-13(19)12-9-23-14(17(12)2)16-15-8-10-5-4-6-11(7-10)18(20)21/h4-9H,3H2,1-2H3/b15-8-,16-14-. The van der Waals surface area contributed by atoms with E-state index in [1.165, 1.54) is 29.7 Å². The van der Waals surface area contributed by atoms with Crippen molar-refractivity contribution < 1.29 is 14.5 Å². The molecular weight excluding hydrogens is 320 g/mol. The van der Waals surface area contributed by atoms with Gasteiger partial charge in [0.2, 0.25) is 4.80 Å². The molecule has 0 unspecified atom stereocenters. The van der Waals surface area contributed by atoms with Gasteiger partial charge in [-0.2, -0.15) is 5.10 Å². The lowest BCUT2D eigenvalue weighted by molar-refractivity contribution is -0.384. The first-order valence-electron chi connectivity index (χ1n) is 6.66. The fourth-order valence-corrected chi connectivity index (χ4v) is 2.54. The molecular formula is C14H14N4O4S. The van der Waals surface area contributed by atoms with Gasteiger partial charge in [-0.1, -0.05) is 12.1 Å². The number of nitrogens with zero attached hydrogens (tertiary/aromatic N) is 4. The largest absolute Gasteiger partial charge is 0.461 e. The highest BCUT2D eigenvalue weighted by Crippen LogP contribution is 2.11. The number of rotatable bonds is 5. The van der Waals surface area contributed by atoms with Gasteiger partial charge in [-0.25, -0.2) is 4.79 Å². The Morgan fingerprint density at radius 2 is 2.30 bits per heavy atom. The van der Waals surface area contributed by atoms with E-state index in [2.05, 4.69) is 10.2 Å². The monoisotopic (exact) mass is 334 g/mol. The van der Waals surface area contributed by atoms with Crippen molar-refractivity contribution in [2.75, 3.05) is 6.61 Å². The Labute approximate surface area is 135 Å². The molecule has 23 heavy (non-hydrogen) atoms. The Morgan fingerprint density at radius 3 is 3.00 bits per heavy atom. The van der Waals surface area contributed by atoms with Crippen LogP contribution >= 0.6 is 11.3 Å². The zero-order chi connectivity index (χ0) is 16.8. The van der Waals surface area contributed by atoms with E-state index in [4.69, 9.17) is 4.74 Å². The molecule has 8 nitrogen and oxygen atoms in total. The lowest BCUT2D eigenvalue weighted by atomic mass is 10.2. The summed E-state index contributed by atoms with van der Waals surface area (Å²) < 4.78 is 6.51. The molecule has 0 amide bonds. The van der Waals surface area contributed by atoms with E-state index in [1.54, 1.807) is 36.1 Å². The number of thiazole rings is 1. The first kappa shape index (κ1) is 16.6. The van der Waals surface area contributed by atoms with Crippen molar-refractivity contribution in [1.82, 2.24) is 4.57 Å². The molecule has 0 aliphatic heterocycles. The Balaban J connectivity index is 2.22. The lowest BCUT2D eigenvalue weighted by Crippen LogP contribution is -2.17. The van der Waals surface area contributed by atoms with Gasteiger partial charge in [0.1, 0.15) is 5.69 Å². The molecule has 1 heterocycles. The lowest BCUT2D eigenvalue weighted by Gasteiger charge is -2.01. The third-order valence-corrected chi connectivity index (χ3v) is 3.75. The molecule has 0 aliphatic rings. The topological polar surface area (TPSA) is 99.1 Å². The van der Waals surface area contributed by atoms with Crippen LogP contribution in [0.1, 0.15) is 23.0 Å². The van der Waals surface area contributed by atoms with Crippen LogP contribution in [0.2, 0.25) is 0 Å². The van der Waals surface area contributed by atoms with Crippen LogP contribution in [-0.4, -0.2) is 28.3 Å². The second-order valence-corrected chi connectivity index (χ2v) is 5.22. The smallest absolute Gasteiger partial charge is 0.355 e. The first-order valence-corrected chi connectivity index (χ1v) is 7.54. The summed E-state index contributed by atoms with van der Waals surface area (Å²) in [6, 6.07) is 6.06. The van der Waals surface area contributed by atoms with Crippen LogP contribution in [0.15, 0.2) is 39.8 Å². The average Bonchev–Trinajstić information content (AvgIpc) is 2.89. The first-order chi connectivity index (χ1) is 11.0. The normalized spacial score (nSPS) is 11.8. The van der Waals surface area contributed by atoms with Gasteiger partial charge in [-0.15, -0.1) is 16.4 Å². The van der Waals surface area contributed by atoms with Gasteiger partial charge in [-0.3, -0.25) is 10.1 Å². The van der Waals surface area contributed by atoms with E-state index >= 15 is 0 Å². The number of nitro groups is 1. The molecule has 2 aromatic rings. The van der Waals surface area contributed by atoms with Crippen LogP contribution in [0.5, 0.6) is 0 Å². The summed E-state index contributed by atoms with van der Waals surface area (Å²) in [7, 11) is 1.68. The van der Waals surface area contributed by atoms with Crippen molar-refractivity contribution in [2.45, 2.75) is 6.92 Å². The highest BCUT2D eigenvalue weighted by molar-refractivity contribution is 7.07. The molecule has 0 fully saturated rings. The Hall–Kier alpha value is -2.81. The number of non-ortho nitro benzene ring substituents is 1. The van der Waals surface area contributed by atoms with Crippen molar-refractivity contribution in [3.8, 4) is 0 Å². The molecule has 0 aliphatic carbocycles. The summed E-state index contributed by atoms with van der Waals surface area (Å²) in [5.41, 5.74) is 0.939. The second kappa shape index (κ2) is 7.45. The van der Waals surface area contributed by atoms with Gasteiger partial charge in [0.25, 0.3) is 5.69 Å². The van der Waals surface area contributed by atoms with Crippen LogP contribution in [0.4, 0.5) is 5.69 Å². The number of carbonyl (C=O) groups is 1. The molecule has 2 rings (SSSR count). The summed E-state index contributed by atoms with van der Waals surface area (Å²) in [5, 5.41) is 20.3. The van der Waals surface area contributed by atoms with Crippen molar-refractivity contribution in [3.05, 3.63) is 55.8 Å². The van der Waals surface area contributed by atoms with Crippen molar-refractivity contribution in [1.29, 1.82) is 0 Å². The second-order valence-electron chi connectivity index (χ2n) is 4.38. The molecule has 0 spiro atoms. The zero-order valence-electron chi connectivity index (χ0n) is 12.5. The molecule has 1 aromatic heterocycles. The number of benzene rings is 1. The fraction of sp³-hybridized carbons (Fsp3) is 0.214. The molecule has 0 N–H and O–H groups in total. The van der Waals surface area contributed by atoms with Gasteiger partial charge in [0.15, 0.2) is 0 Å². The molecule has 9 heteroatoms. The highest BCUT2D eigenvalue weighted by atomic mass is 32.1. The van der Waals surface area contributed by atoms with Crippen LogP contribution in [0.25, 0.3) is 0 Å². The summed E-state index contributed by atoms with van der Waals surface area (Å²) in [6.07, 6.45) is 1.41. The van der Waals surface area contributed by atoms with Crippen LogP contribution in [0.3, 0.4) is 0 Å². The molecule has 120 valence electrons. The van der Waals surface area contributed by atoms with Gasteiger partial charge < -0.3 is 9.30 Å². The van der Waals surface area contributed by atoms with Gasteiger partial charge in [-0.05, 0) is 6.92 Å². The number of ether oxygens (including phenoxy) is 1. The number of hydrogen-bond donors (Lipinski definition) is 0. The average molecular weight is 334 g/mol. The van der Waals surface area contributed by atoms with E-state index in [0.29, 0.717) is 22.7 Å². The summed E-state index contributed by atoms with van der Waals surface area (Å²) >= 11 is 1.25. The van der Waals surface area contributed by atoms with Crippen LogP contribution in [-0.2, 0) is 11.8 Å². The van der Waals surface area contributed by atoms with E-state index in [1.807, 2.05) is 0 Å². The SMILES string of the molecule is CCOC(=O)c1cs/c(=N\N=C/c2cccc([N+](=O)[O-])c2)n1C. The van der Waals surface area contributed by atoms with Gasteiger partial charge in [0.05, 0.1) is 17.7 Å². The van der Waals surface area contributed by atoms with Crippen molar-refractivity contribution in [3.63, 3.8) is 0 Å². The minimum Gasteiger partial charge on any atom is -0.461 e. The summed E-state index contributed by atoms with van der Waals surface area (Å²) in [5.74, 6) is -0.421. The Morgan fingerprint density at radius 1 is 1.52 bits per heavy atom. The minimum absolute atomic E-state index is 0.0137. The third-order valence-electron chi connectivity index (χ3n) is 2.84. The summed E-state index contributed by atoms with van der Waals surface area (Å²) in [4.78, 5) is 22.4. The molecule has 1 aromatic carbocycles. The van der Waals surface area contributed by atoms with Crippen LogP contribution < -0.4 is 4.80 Å². The number of aromatic nitrogens is 1. The number of nitro benzene ring substituents is 1. The van der Waals surface area contributed by atoms with Crippen LogP contribution in [0, 0.1) is 10.1 Å². The molecule has 0 saturated carbocycles. The molecule has 0 atom stereocenters. The molecule has 0 radical (unpaired) electrons. The molecule has 0 saturated heterocycles. The Kier molecular flexibility index (Phi) is 5.36. The Bertz CT molecular complexity index is 822.